The molecule has 0 aliphatic heterocycles. The van der Waals surface area contributed by atoms with E-state index >= 15 is 0 Å². The first-order valence-corrected chi connectivity index (χ1v) is 9.69. The van der Waals surface area contributed by atoms with Gasteiger partial charge in [0.2, 0.25) is 0 Å². The Balaban J connectivity index is 1.36. The maximum absolute atomic E-state index is 5.18. The molecule has 2 bridgehead atoms. The molecule has 7 rings (SSSR count). The molecule has 0 N–H and O–H groups in total. The molecule has 2 heteroatoms. The van der Waals surface area contributed by atoms with Crippen molar-refractivity contribution in [3.63, 3.8) is 0 Å². The SMILES string of the molecule is c1ccc(N=C2C3C4CC5C3C(=Nc3ccccc3)C3C2C4C53)cc1. The summed E-state index contributed by atoms with van der Waals surface area (Å²) in [7, 11) is 0. The van der Waals surface area contributed by atoms with E-state index in [0.29, 0.717) is 23.7 Å². The van der Waals surface area contributed by atoms with Crippen LogP contribution >= 0.6 is 0 Å². The van der Waals surface area contributed by atoms with Crippen molar-refractivity contribution in [3.8, 4) is 0 Å². The summed E-state index contributed by atoms with van der Waals surface area (Å²) in [6.07, 6.45) is 1.44. The maximum atomic E-state index is 5.18. The Hall–Kier alpha value is -2.22. The van der Waals surface area contributed by atoms with Crippen LogP contribution in [0.3, 0.4) is 0 Å². The van der Waals surface area contributed by atoms with Gasteiger partial charge >= 0.3 is 0 Å². The molecule has 5 aliphatic carbocycles. The fraction of sp³-hybridized carbons (Fsp3) is 0.391. The van der Waals surface area contributed by atoms with E-state index in [1.165, 1.54) is 6.42 Å². The van der Waals surface area contributed by atoms with Gasteiger partial charge in [-0.3, -0.25) is 9.98 Å². The van der Waals surface area contributed by atoms with Crippen molar-refractivity contribution < 1.29 is 0 Å². The van der Waals surface area contributed by atoms with Crippen molar-refractivity contribution in [2.45, 2.75) is 6.42 Å². The normalized spacial score (nSPS) is 47.2. The fourth-order valence-corrected chi connectivity index (χ4v) is 7.46. The zero-order chi connectivity index (χ0) is 16.1. The lowest BCUT2D eigenvalue weighted by Crippen LogP contribution is -2.48. The van der Waals surface area contributed by atoms with Gasteiger partial charge in [0.05, 0.1) is 11.4 Å². The summed E-state index contributed by atoms with van der Waals surface area (Å²) in [4.78, 5) is 10.4. The van der Waals surface area contributed by atoms with Crippen molar-refractivity contribution in [1.29, 1.82) is 0 Å². The highest BCUT2D eigenvalue weighted by molar-refractivity contribution is 6.11. The third-order valence-electron chi connectivity index (χ3n) is 7.90. The van der Waals surface area contributed by atoms with Crippen LogP contribution < -0.4 is 0 Å². The Bertz CT molecular complexity index is 848. The molecule has 0 saturated heterocycles. The van der Waals surface area contributed by atoms with Crippen LogP contribution in [-0.2, 0) is 0 Å². The lowest BCUT2D eigenvalue weighted by Gasteiger charge is -2.45. The number of rotatable bonds is 2. The van der Waals surface area contributed by atoms with Gasteiger partial charge in [0.15, 0.2) is 0 Å². The van der Waals surface area contributed by atoms with Gasteiger partial charge in [-0.05, 0) is 54.4 Å². The van der Waals surface area contributed by atoms with Gasteiger partial charge in [-0.15, -0.1) is 0 Å². The quantitative estimate of drug-likeness (QED) is 0.749. The van der Waals surface area contributed by atoms with Crippen molar-refractivity contribution in [1.82, 2.24) is 0 Å². The molecule has 5 saturated carbocycles. The van der Waals surface area contributed by atoms with Crippen LogP contribution in [0.2, 0.25) is 0 Å². The molecule has 122 valence electrons. The molecule has 8 unspecified atom stereocenters. The van der Waals surface area contributed by atoms with Crippen LogP contribution in [0, 0.1) is 47.3 Å². The minimum absolute atomic E-state index is 0.692. The van der Waals surface area contributed by atoms with Gasteiger partial charge in [-0.2, -0.15) is 0 Å². The second-order valence-electron chi connectivity index (χ2n) is 8.57. The second-order valence-corrected chi connectivity index (χ2v) is 8.57. The molecule has 25 heavy (non-hydrogen) atoms. The summed E-state index contributed by atoms with van der Waals surface area (Å²) in [5.74, 6) is 6.47. The average molecular weight is 324 g/mol. The van der Waals surface area contributed by atoms with E-state index in [1.54, 1.807) is 11.4 Å². The minimum atomic E-state index is 0.692. The Labute approximate surface area is 147 Å². The molecule has 2 nitrogen and oxygen atoms in total. The van der Waals surface area contributed by atoms with Gasteiger partial charge in [0, 0.05) is 35.1 Å². The number of nitrogens with zero attached hydrogens (tertiary/aromatic N) is 2. The first kappa shape index (κ1) is 13.0. The number of aliphatic imine (C=N–C) groups is 2. The summed E-state index contributed by atoms with van der Waals surface area (Å²) >= 11 is 0. The van der Waals surface area contributed by atoms with E-state index in [1.807, 2.05) is 0 Å². The predicted octanol–water partition coefficient (Wildman–Crippen LogP) is 4.92. The van der Waals surface area contributed by atoms with Crippen LogP contribution in [0.1, 0.15) is 6.42 Å². The molecule has 2 aromatic carbocycles. The first-order chi connectivity index (χ1) is 12.4. The molecule has 5 fully saturated rings. The van der Waals surface area contributed by atoms with Gasteiger partial charge in [-0.25, -0.2) is 0 Å². The molecular formula is C23H20N2. The van der Waals surface area contributed by atoms with Gasteiger partial charge in [-0.1, -0.05) is 36.4 Å². The smallest absolute Gasteiger partial charge is 0.0629 e. The van der Waals surface area contributed by atoms with E-state index in [4.69, 9.17) is 9.98 Å². The minimum Gasteiger partial charge on any atom is -0.257 e. The molecule has 5 aliphatic rings. The van der Waals surface area contributed by atoms with Gasteiger partial charge in [0.25, 0.3) is 0 Å². The molecule has 0 heterocycles. The summed E-state index contributed by atoms with van der Waals surface area (Å²) in [6, 6.07) is 21.2. The number of hydrogen-bond acceptors (Lipinski definition) is 2. The van der Waals surface area contributed by atoms with Crippen molar-refractivity contribution in [2.24, 2.45) is 57.3 Å². The number of benzene rings is 2. The average Bonchev–Trinajstić information content (AvgIpc) is 3.17. The third-order valence-corrected chi connectivity index (χ3v) is 7.90. The molecule has 0 amide bonds. The van der Waals surface area contributed by atoms with Crippen LogP contribution in [0.4, 0.5) is 11.4 Å². The van der Waals surface area contributed by atoms with Crippen LogP contribution in [-0.4, -0.2) is 11.4 Å². The highest BCUT2D eigenvalue weighted by Crippen LogP contribution is 2.81. The van der Waals surface area contributed by atoms with Crippen molar-refractivity contribution in [3.05, 3.63) is 60.7 Å². The Morgan fingerprint density at radius 1 is 0.560 bits per heavy atom. The van der Waals surface area contributed by atoms with Crippen molar-refractivity contribution in [2.75, 3.05) is 0 Å². The maximum Gasteiger partial charge on any atom is 0.0629 e. The van der Waals surface area contributed by atoms with E-state index in [2.05, 4.69) is 60.7 Å². The number of fused-ring (bicyclic) bond motifs is 2. The predicted molar refractivity (Wildman–Crippen MR) is 99.6 cm³/mol. The molecule has 8 atom stereocenters. The van der Waals surface area contributed by atoms with E-state index < -0.39 is 0 Å². The lowest BCUT2D eigenvalue weighted by molar-refractivity contribution is 0.0656. The highest BCUT2D eigenvalue weighted by Gasteiger charge is 2.82. The highest BCUT2D eigenvalue weighted by atomic mass is 15.0. The van der Waals surface area contributed by atoms with E-state index in [9.17, 15) is 0 Å². The van der Waals surface area contributed by atoms with Crippen LogP contribution in [0.25, 0.3) is 0 Å². The summed E-state index contributed by atoms with van der Waals surface area (Å²) in [6.45, 7) is 0. The first-order valence-electron chi connectivity index (χ1n) is 9.69. The zero-order valence-corrected chi connectivity index (χ0v) is 14.0. The molecule has 0 radical (unpaired) electrons. The van der Waals surface area contributed by atoms with Crippen LogP contribution in [0.5, 0.6) is 0 Å². The zero-order valence-electron chi connectivity index (χ0n) is 14.0. The topological polar surface area (TPSA) is 24.7 Å². The summed E-state index contributed by atoms with van der Waals surface area (Å²) in [5.41, 5.74) is 5.37. The monoisotopic (exact) mass is 324 g/mol. The summed E-state index contributed by atoms with van der Waals surface area (Å²) in [5, 5.41) is 0. The summed E-state index contributed by atoms with van der Waals surface area (Å²) < 4.78 is 0. The van der Waals surface area contributed by atoms with Crippen LogP contribution in [0.15, 0.2) is 70.6 Å². The lowest BCUT2D eigenvalue weighted by atomic mass is 9.59. The Morgan fingerprint density at radius 3 is 1.44 bits per heavy atom. The van der Waals surface area contributed by atoms with E-state index in [-0.39, 0.29) is 0 Å². The van der Waals surface area contributed by atoms with E-state index in [0.717, 1.165) is 35.0 Å². The number of hydrogen-bond donors (Lipinski definition) is 0. The standard InChI is InChI=1S/C23H20N2/c1-3-7-12(8-4-1)24-22-18-14-11-15-17-16(14)20(22)21(17)23(19(15)18)25-13-9-5-2-6-10-13/h1-10,14-21H,11H2. The molecule has 0 spiro atoms. The Morgan fingerprint density at radius 2 is 1.00 bits per heavy atom. The van der Waals surface area contributed by atoms with Gasteiger partial charge < -0.3 is 0 Å². The second kappa shape index (κ2) is 4.30. The number of para-hydroxylation sites is 2. The van der Waals surface area contributed by atoms with Gasteiger partial charge in [0.1, 0.15) is 0 Å². The van der Waals surface area contributed by atoms with Crippen molar-refractivity contribution >= 4 is 22.8 Å². The molecule has 2 aromatic rings. The molecule has 0 aromatic heterocycles. The molecular weight excluding hydrogens is 304 g/mol. The fourth-order valence-electron chi connectivity index (χ4n) is 7.46. The largest absolute Gasteiger partial charge is 0.257 e. The Kier molecular flexibility index (Phi) is 2.24. The third kappa shape index (κ3) is 1.41.